The zero-order valence-electron chi connectivity index (χ0n) is 16.4. The van der Waals surface area contributed by atoms with Crippen LogP contribution >= 0.6 is 0 Å². The summed E-state index contributed by atoms with van der Waals surface area (Å²) in [5, 5.41) is 2.99. The fraction of sp³-hybridized carbons (Fsp3) is 0.273. The van der Waals surface area contributed by atoms with Crippen molar-refractivity contribution < 1.29 is 9.59 Å². The Bertz CT molecular complexity index is 1010. The van der Waals surface area contributed by atoms with E-state index in [1.165, 1.54) is 0 Å². The molecule has 7 nitrogen and oxygen atoms in total. The third-order valence-electron chi connectivity index (χ3n) is 5.48. The maximum atomic E-state index is 12.9. The van der Waals surface area contributed by atoms with Crippen molar-refractivity contribution >= 4 is 11.8 Å². The van der Waals surface area contributed by atoms with Crippen molar-refractivity contribution in [3.8, 4) is 11.1 Å². The van der Waals surface area contributed by atoms with E-state index in [4.69, 9.17) is 0 Å². The fourth-order valence-electron chi connectivity index (χ4n) is 3.80. The van der Waals surface area contributed by atoms with Crippen molar-refractivity contribution in [3.05, 3.63) is 72.6 Å². The molecular weight excluding hydrogens is 366 g/mol. The molecule has 1 fully saturated rings. The second-order valence-electron chi connectivity index (χ2n) is 7.31. The summed E-state index contributed by atoms with van der Waals surface area (Å²) in [5.41, 5.74) is 3.20. The maximum absolute atomic E-state index is 12.9. The van der Waals surface area contributed by atoms with Crippen LogP contribution in [0.4, 0.5) is 0 Å². The molecule has 4 rings (SSSR count). The molecule has 0 saturated carbocycles. The Morgan fingerprint density at radius 2 is 1.76 bits per heavy atom. The number of hydrogen-bond acceptors (Lipinski definition) is 4. The third-order valence-corrected chi connectivity index (χ3v) is 5.48. The Labute approximate surface area is 169 Å². The molecule has 2 amide bonds. The van der Waals surface area contributed by atoms with Gasteiger partial charge >= 0.3 is 0 Å². The number of nitrogens with one attached hydrogen (secondary N) is 1. The number of benzene rings is 1. The van der Waals surface area contributed by atoms with Crippen molar-refractivity contribution in [1.29, 1.82) is 0 Å². The van der Waals surface area contributed by atoms with Crippen LogP contribution in [0.2, 0.25) is 0 Å². The van der Waals surface area contributed by atoms with Gasteiger partial charge in [0.15, 0.2) is 0 Å². The van der Waals surface area contributed by atoms with E-state index in [0.29, 0.717) is 6.54 Å². The van der Waals surface area contributed by atoms with Crippen LogP contribution in [0.1, 0.15) is 23.9 Å². The summed E-state index contributed by atoms with van der Waals surface area (Å²) in [5.74, 6) is 0.0960. The average molecular weight is 389 g/mol. The molecule has 1 aromatic carbocycles. The topological polar surface area (TPSA) is 80.1 Å². The van der Waals surface area contributed by atoms with Gasteiger partial charge in [-0.3, -0.25) is 14.6 Å². The second-order valence-corrected chi connectivity index (χ2v) is 7.31. The number of pyridine rings is 1. The van der Waals surface area contributed by atoms with Gasteiger partial charge in [-0.2, -0.15) is 0 Å². The van der Waals surface area contributed by atoms with E-state index in [2.05, 4.69) is 15.3 Å². The number of hydrogen-bond donors (Lipinski definition) is 1. The van der Waals surface area contributed by atoms with Gasteiger partial charge in [-0.05, 0) is 28.8 Å². The highest BCUT2D eigenvalue weighted by molar-refractivity contribution is 5.90. The van der Waals surface area contributed by atoms with E-state index in [1.807, 2.05) is 54.2 Å². The first-order valence-electron chi connectivity index (χ1n) is 9.54. The predicted octanol–water partition coefficient (Wildman–Crippen LogP) is 2.32. The van der Waals surface area contributed by atoms with Gasteiger partial charge in [-0.25, -0.2) is 4.98 Å². The van der Waals surface area contributed by atoms with Gasteiger partial charge in [0.05, 0.1) is 5.92 Å². The Balaban J connectivity index is 1.44. The highest BCUT2D eigenvalue weighted by Crippen LogP contribution is 2.36. The number of amides is 2. The lowest BCUT2D eigenvalue weighted by atomic mass is 9.98. The predicted molar refractivity (Wildman–Crippen MR) is 108 cm³/mol. The summed E-state index contributed by atoms with van der Waals surface area (Å²) in [4.78, 5) is 35.2. The number of nitrogens with zero attached hydrogens (tertiary/aromatic N) is 4. The van der Waals surface area contributed by atoms with Gasteiger partial charge in [0.2, 0.25) is 11.8 Å². The molecule has 0 radical (unpaired) electrons. The highest BCUT2D eigenvalue weighted by atomic mass is 16.2. The molecule has 7 heteroatoms. The van der Waals surface area contributed by atoms with Crippen molar-refractivity contribution in [3.63, 3.8) is 0 Å². The van der Waals surface area contributed by atoms with Crippen LogP contribution in [0, 0.1) is 5.92 Å². The normalized spacial score (nSPS) is 18.8. The number of aryl methyl sites for hydroxylation is 1. The third kappa shape index (κ3) is 3.76. The summed E-state index contributed by atoms with van der Waals surface area (Å²) in [6.45, 7) is 0.414. The zero-order valence-corrected chi connectivity index (χ0v) is 16.4. The Hall–Kier alpha value is -3.48. The molecule has 0 bridgehead atoms. The lowest BCUT2D eigenvalue weighted by molar-refractivity contribution is -0.128. The first-order valence-corrected chi connectivity index (χ1v) is 9.54. The minimum absolute atomic E-state index is 0.0418. The Morgan fingerprint density at radius 1 is 1.07 bits per heavy atom. The van der Waals surface area contributed by atoms with Crippen molar-refractivity contribution in [2.24, 2.45) is 13.0 Å². The number of imidazole rings is 1. The quantitative estimate of drug-likeness (QED) is 0.726. The van der Waals surface area contributed by atoms with Crippen molar-refractivity contribution in [2.75, 3.05) is 7.05 Å². The summed E-state index contributed by atoms with van der Waals surface area (Å²) in [6, 6.07) is 11.6. The van der Waals surface area contributed by atoms with Crippen LogP contribution in [-0.2, 0) is 23.2 Å². The van der Waals surface area contributed by atoms with Crippen LogP contribution in [0.3, 0.4) is 0 Å². The van der Waals surface area contributed by atoms with Gasteiger partial charge < -0.3 is 14.8 Å². The lowest BCUT2D eigenvalue weighted by Gasteiger charge is -2.24. The van der Waals surface area contributed by atoms with Gasteiger partial charge in [0, 0.05) is 51.8 Å². The minimum atomic E-state index is -0.454. The van der Waals surface area contributed by atoms with E-state index >= 15 is 0 Å². The molecule has 3 aromatic rings. The van der Waals surface area contributed by atoms with Gasteiger partial charge in [0.25, 0.3) is 0 Å². The van der Waals surface area contributed by atoms with E-state index < -0.39 is 5.92 Å². The number of rotatable bonds is 5. The van der Waals surface area contributed by atoms with Gasteiger partial charge in [-0.15, -0.1) is 0 Å². The SMILES string of the molecule is CN1C(=O)C[C@H](C(=O)NCc2ccc(-c3ccncc3)cc2)[C@H]1c1nccn1C. The molecule has 1 aliphatic heterocycles. The van der Waals surface area contributed by atoms with E-state index in [-0.39, 0.29) is 24.3 Å². The molecule has 0 aliphatic carbocycles. The summed E-state index contributed by atoms with van der Waals surface area (Å²) >= 11 is 0. The summed E-state index contributed by atoms with van der Waals surface area (Å²) in [6.07, 6.45) is 7.24. The largest absolute Gasteiger partial charge is 0.352 e. The first-order chi connectivity index (χ1) is 14.0. The number of likely N-dealkylation sites (tertiary alicyclic amines) is 1. The lowest BCUT2D eigenvalue weighted by Crippen LogP contribution is -2.35. The van der Waals surface area contributed by atoms with E-state index in [0.717, 1.165) is 22.5 Å². The number of aromatic nitrogens is 3. The smallest absolute Gasteiger partial charge is 0.226 e. The number of carbonyl (C=O) groups excluding carboxylic acids is 2. The standard InChI is InChI=1S/C22H23N5O2/c1-26-12-11-24-21(26)20-18(13-19(28)27(20)2)22(29)25-14-15-3-5-16(6-4-15)17-7-9-23-10-8-17/h3-12,18,20H,13-14H2,1-2H3,(H,25,29)/t18-,20-/m0/s1. The molecule has 3 heterocycles. The van der Waals surface area contributed by atoms with Crippen LogP contribution < -0.4 is 5.32 Å². The molecular formula is C22H23N5O2. The molecule has 0 unspecified atom stereocenters. The van der Waals surface area contributed by atoms with Crippen LogP contribution in [0.5, 0.6) is 0 Å². The maximum Gasteiger partial charge on any atom is 0.226 e. The zero-order chi connectivity index (χ0) is 20.4. The molecule has 1 saturated heterocycles. The van der Waals surface area contributed by atoms with Crippen LogP contribution in [0.15, 0.2) is 61.2 Å². The average Bonchev–Trinajstić information content (AvgIpc) is 3.29. The van der Waals surface area contributed by atoms with E-state index in [1.54, 1.807) is 30.5 Å². The van der Waals surface area contributed by atoms with Crippen LogP contribution in [0.25, 0.3) is 11.1 Å². The molecule has 148 valence electrons. The number of carbonyl (C=O) groups is 2. The van der Waals surface area contributed by atoms with Crippen LogP contribution in [-0.4, -0.2) is 38.3 Å². The Kier molecular flexibility index (Phi) is 5.12. The van der Waals surface area contributed by atoms with Gasteiger partial charge in [0.1, 0.15) is 11.9 Å². The summed E-state index contributed by atoms with van der Waals surface area (Å²) < 4.78 is 1.86. The molecule has 2 atom stereocenters. The Morgan fingerprint density at radius 3 is 2.41 bits per heavy atom. The molecule has 29 heavy (non-hydrogen) atoms. The fourth-order valence-corrected chi connectivity index (χ4v) is 3.80. The first kappa shape index (κ1) is 18.9. The molecule has 1 N–H and O–H groups in total. The molecule has 2 aromatic heterocycles. The molecule has 1 aliphatic rings. The van der Waals surface area contributed by atoms with E-state index in [9.17, 15) is 9.59 Å². The second kappa shape index (κ2) is 7.87. The van der Waals surface area contributed by atoms with Crippen molar-refractivity contribution in [2.45, 2.75) is 19.0 Å². The van der Waals surface area contributed by atoms with Gasteiger partial charge in [-0.1, -0.05) is 24.3 Å². The molecule has 0 spiro atoms. The monoisotopic (exact) mass is 389 g/mol. The minimum Gasteiger partial charge on any atom is -0.352 e. The summed E-state index contributed by atoms with van der Waals surface area (Å²) in [7, 11) is 3.60. The van der Waals surface area contributed by atoms with Crippen molar-refractivity contribution in [1.82, 2.24) is 24.8 Å². The highest BCUT2D eigenvalue weighted by Gasteiger charge is 2.44.